The predicted molar refractivity (Wildman–Crippen MR) is 113 cm³/mol. The molecule has 25 heavy (non-hydrogen) atoms. The molecule has 2 rings (SSSR count). The normalized spacial score (nSPS) is 12.5. The van der Waals surface area contributed by atoms with Crippen LogP contribution in [0.5, 0.6) is 5.75 Å². The minimum absolute atomic E-state index is 0. The zero-order chi connectivity index (χ0) is 18.2. The fourth-order valence-electron chi connectivity index (χ4n) is 1.82. The molecule has 0 unspecified atom stereocenters. The number of halogens is 2. The van der Waals surface area contributed by atoms with E-state index in [-0.39, 0.29) is 30.2 Å². The first kappa shape index (κ1) is 29.4. The summed E-state index contributed by atoms with van der Waals surface area (Å²) in [5, 5.41) is 9.18. The molecular weight excluding hydrogens is 387 g/mol. The molecule has 0 radical (unpaired) electrons. The molecule has 1 nitrogen and oxygen atoms in total. The number of aromatic hydroxyl groups is 1. The van der Waals surface area contributed by atoms with Gasteiger partial charge in [0.2, 0.25) is 0 Å². The van der Waals surface area contributed by atoms with Gasteiger partial charge in [-0.1, -0.05) is 46.8 Å². The van der Waals surface area contributed by atoms with Crippen LogP contribution in [-0.2, 0) is 25.4 Å². The number of rotatable bonds is 0. The molecule has 0 spiro atoms. The van der Waals surface area contributed by atoms with Crippen LogP contribution >= 0.6 is 24.8 Å². The summed E-state index contributed by atoms with van der Waals surface area (Å²) in [5.74, 6) is 0.345. The van der Waals surface area contributed by atoms with Crippen LogP contribution in [0.3, 0.4) is 0 Å². The molecule has 0 bridgehead atoms. The van der Waals surface area contributed by atoms with Gasteiger partial charge in [0, 0.05) is 0 Å². The van der Waals surface area contributed by atoms with Crippen molar-refractivity contribution in [2.24, 2.45) is 0 Å². The summed E-state index contributed by atoms with van der Waals surface area (Å²) in [4.78, 5) is 0. The van der Waals surface area contributed by atoms with Crippen molar-refractivity contribution >= 4 is 28.6 Å². The Balaban J connectivity index is -0.000000308. The van der Waals surface area contributed by atoms with Gasteiger partial charge in [-0.2, -0.15) is 11.1 Å². The van der Waals surface area contributed by atoms with E-state index in [1.807, 2.05) is 12.1 Å². The van der Waals surface area contributed by atoms with Gasteiger partial charge in [-0.05, 0) is 23.1 Å². The minimum atomic E-state index is 0. The van der Waals surface area contributed by atoms with E-state index in [0.717, 1.165) is 12.0 Å². The Morgan fingerprint density at radius 3 is 1.76 bits per heavy atom. The van der Waals surface area contributed by atoms with Crippen molar-refractivity contribution in [2.45, 2.75) is 67.2 Å². The van der Waals surface area contributed by atoms with E-state index >= 15 is 0 Å². The van der Waals surface area contributed by atoms with Crippen LogP contribution in [0.4, 0.5) is 0 Å². The van der Waals surface area contributed by atoms with Crippen LogP contribution in [0.2, 0.25) is 0 Å². The number of phenols is 1. The van der Waals surface area contributed by atoms with Gasteiger partial charge in [0.1, 0.15) is 5.75 Å². The molecule has 1 aliphatic carbocycles. The zero-order valence-corrected chi connectivity index (χ0v) is 20.0. The molecule has 141 valence electrons. The molecule has 4 heteroatoms. The second kappa shape index (κ2) is 13.8. The molecule has 1 aliphatic rings. The molecular formula is C21H33Cl2OTi. The van der Waals surface area contributed by atoms with Crippen LogP contribution in [-0.4, -0.2) is 8.92 Å². The van der Waals surface area contributed by atoms with Crippen molar-refractivity contribution in [3.63, 3.8) is 0 Å². The van der Waals surface area contributed by atoms with E-state index < -0.39 is 0 Å². The van der Waals surface area contributed by atoms with Gasteiger partial charge in [0.15, 0.2) is 0 Å². The van der Waals surface area contributed by atoms with Gasteiger partial charge in [0.05, 0.1) is 0 Å². The SMILES string of the molecule is CC(C)(C)c1cccc(O)c1.CC1=[C-]CC(C)=C1C.C[C](C)=[Ti+].Cl.Cl. The number of hydrogen-bond donors (Lipinski definition) is 1. The summed E-state index contributed by atoms with van der Waals surface area (Å²) >= 11 is 2.08. The fourth-order valence-corrected chi connectivity index (χ4v) is 1.82. The van der Waals surface area contributed by atoms with Crippen molar-refractivity contribution < 1.29 is 25.1 Å². The van der Waals surface area contributed by atoms with Crippen molar-refractivity contribution in [2.75, 3.05) is 0 Å². The van der Waals surface area contributed by atoms with Crippen LogP contribution in [0.15, 0.2) is 41.0 Å². The number of benzene rings is 1. The monoisotopic (exact) mass is 419 g/mol. The smallest absolute Gasteiger partial charge is 0.147 e. The van der Waals surface area contributed by atoms with E-state index in [9.17, 15) is 5.11 Å². The molecule has 0 amide bonds. The summed E-state index contributed by atoms with van der Waals surface area (Å²) in [6.07, 6.45) is 4.31. The third-order valence-electron chi connectivity index (χ3n) is 3.53. The fraction of sp³-hybridized carbons (Fsp3) is 0.476. The van der Waals surface area contributed by atoms with E-state index in [4.69, 9.17) is 0 Å². The second-order valence-corrected chi connectivity index (χ2v) is 8.75. The standard InChI is InChI=1S/C10H14O.C8H11.C3H6.2ClH.Ti/c1-10(2,3)8-5-4-6-9(11)7-8;1-6-4-5-7(2)8(6)3;1-3-2;;;/h4-7,11H,1-3H3;4H2,1-3H3;1-2H3;2*1H;/q;-1;;;;+1. The average molecular weight is 420 g/mol. The number of hydrogen-bond acceptors (Lipinski definition) is 1. The maximum Gasteiger partial charge on any atom is -0.147 e. The van der Waals surface area contributed by atoms with E-state index in [1.165, 1.54) is 20.5 Å². The quantitative estimate of drug-likeness (QED) is 0.364. The zero-order valence-electron chi connectivity index (χ0n) is 16.8. The van der Waals surface area contributed by atoms with Crippen molar-refractivity contribution in [1.29, 1.82) is 0 Å². The molecule has 0 aliphatic heterocycles. The topological polar surface area (TPSA) is 20.2 Å². The first-order valence-corrected chi connectivity index (χ1v) is 8.78. The molecule has 0 fully saturated rings. The average Bonchev–Trinajstić information content (AvgIpc) is 2.69. The Labute approximate surface area is 178 Å². The van der Waals surface area contributed by atoms with Gasteiger partial charge in [-0.15, -0.1) is 38.2 Å². The first-order chi connectivity index (χ1) is 10.4. The van der Waals surface area contributed by atoms with Crippen molar-refractivity contribution in [3.8, 4) is 5.75 Å². The molecule has 1 aromatic carbocycles. The van der Waals surface area contributed by atoms with Gasteiger partial charge >= 0.3 is 37.6 Å². The van der Waals surface area contributed by atoms with Gasteiger partial charge in [-0.3, -0.25) is 6.08 Å². The Morgan fingerprint density at radius 2 is 1.56 bits per heavy atom. The Hall–Kier alpha value is -0.336. The minimum Gasteiger partial charge on any atom is -0.147 e. The van der Waals surface area contributed by atoms with Crippen molar-refractivity contribution in [1.82, 2.24) is 0 Å². The van der Waals surface area contributed by atoms with E-state index in [0.29, 0.717) is 5.75 Å². The van der Waals surface area contributed by atoms with Gasteiger partial charge in [0.25, 0.3) is 0 Å². The van der Waals surface area contributed by atoms with Crippen LogP contribution in [0, 0.1) is 6.08 Å². The molecule has 0 saturated heterocycles. The van der Waals surface area contributed by atoms with Crippen LogP contribution < -0.4 is 0 Å². The molecule has 0 aromatic heterocycles. The summed E-state index contributed by atoms with van der Waals surface area (Å²) in [6.45, 7) is 17.0. The Morgan fingerprint density at radius 1 is 1.08 bits per heavy atom. The molecule has 0 saturated carbocycles. The molecule has 0 heterocycles. The Kier molecular flexibility index (Phi) is 16.3. The molecule has 1 N–H and O–H groups in total. The summed E-state index contributed by atoms with van der Waals surface area (Å²) in [7, 11) is 0. The second-order valence-electron chi connectivity index (χ2n) is 7.18. The number of phenolic OH excluding ortho intramolecular Hbond substituents is 1. The van der Waals surface area contributed by atoms with Gasteiger partial charge < -0.3 is 5.11 Å². The van der Waals surface area contributed by atoms with Crippen LogP contribution in [0.1, 0.15) is 67.4 Å². The summed E-state index contributed by atoms with van der Waals surface area (Å²) in [5.41, 5.74) is 5.53. The summed E-state index contributed by atoms with van der Waals surface area (Å²) in [6, 6.07) is 7.39. The first-order valence-electron chi connectivity index (χ1n) is 8.00. The molecule has 1 aromatic rings. The van der Waals surface area contributed by atoms with Gasteiger partial charge in [-0.25, -0.2) is 5.57 Å². The predicted octanol–water partition coefficient (Wildman–Crippen LogP) is 6.75. The third-order valence-corrected chi connectivity index (χ3v) is 3.53. The number of allylic oxidation sites excluding steroid dienone is 4. The maximum atomic E-state index is 9.18. The largest absolute Gasteiger partial charge is 0.147 e. The van der Waals surface area contributed by atoms with Crippen molar-refractivity contribution in [3.05, 3.63) is 52.6 Å². The summed E-state index contributed by atoms with van der Waals surface area (Å²) < 4.78 is 1.42. The maximum absolute atomic E-state index is 9.18. The van der Waals surface area contributed by atoms with E-state index in [1.54, 1.807) is 12.1 Å². The van der Waals surface area contributed by atoms with Crippen LogP contribution in [0.25, 0.3) is 0 Å². The molecule has 0 atom stereocenters. The van der Waals surface area contributed by atoms with E-state index in [2.05, 4.69) is 81.4 Å². The third kappa shape index (κ3) is 13.5. The Bertz CT molecular complexity index is 587.